The van der Waals surface area contributed by atoms with Crippen LogP contribution in [0.2, 0.25) is 5.02 Å². The van der Waals surface area contributed by atoms with E-state index < -0.39 is 0 Å². The van der Waals surface area contributed by atoms with E-state index >= 15 is 0 Å². The average Bonchev–Trinajstić information content (AvgIpc) is 3.17. The monoisotopic (exact) mass is 458 g/mol. The van der Waals surface area contributed by atoms with Gasteiger partial charge in [0.15, 0.2) is 5.16 Å². The molecule has 0 unspecified atom stereocenters. The molecule has 0 N–H and O–H groups in total. The lowest BCUT2D eigenvalue weighted by molar-refractivity contribution is 0.242. The number of nitrogens with zero attached hydrogens (tertiary/aromatic N) is 4. The Morgan fingerprint density at radius 3 is 2.45 bits per heavy atom. The van der Waals surface area contributed by atoms with E-state index in [0.29, 0.717) is 11.6 Å². The van der Waals surface area contributed by atoms with Gasteiger partial charge in [0, 0.05) is 35.7 Å². The minimum atomic E-state index is -0.226. The number of imidazole rings is 1. The number of benzene rings is 2. The number of thioether (sulfide) groups is 1. The van der Waals surface area contributed by atoms with E-state index in [4.69, 9.17) is 16.6 Å². The summed E-state index contributed by atoms with van der Waals surface area (Å²) < 4.78 is 15.5. The molecule has 0 radical (unpaired) electrons. The summed E-state index contributed by atoms with van der Waals surface area (Å²) in [6.45, 7) is 4.16. The minimum absolute atomic E-state index is 0.226. The number of rotatable bonds is 8. The van der Waals surface area contributed by atoms with Crippen LogP contribution in [-0.4, -0.2) is 46.9 Å². The van der Waals surface area contributed by atoms with Crippen LogP contribution in [0.4, 0.5) is 10.1 Å². The fourth-order valence-corrected chi connectivity index (χ4v) is 5.06. The Labute approximate surface area is 193 Å². The molecule has 0 atom stereocenters. The fourth-order valence-electron chi connectivity index (χ4n) is 3.93. The van der Waals surface area contributed by atoms with Crippen molar-refractivity contribution in [2.24, 2.45) is 0 Å². The minimum Gasteiger partial charge on any atom is -0.369 e. The summed E-state index contributed by atoms with van der Waals surface area (Å²) in [4.78, 5) is 9.40. The molecule has 4 rings (SSSR count). The van der Waals surface area contributed by atoms with Gasteiger partial charge in [-0.05, 0) is 74.5 Å². The molecule has 164 valence electrons. The number of hydrogen-bond donors (Lipinski definition) is 0. The largest absolute Gasteiger partial charge is 0.369 e. The SMILES string of the molecule is CN(Cc1cnc(SCCN2CCCCC2)n1-c1ccc(Cl)cc1)c1ccc(F)cc1. The molecule has 0 aliphatic carbocycles. The number of anilines is 1. The van der Waals surface area contributed by atoms with Crippen molar-refractivity contribution < 1.29 is 4.39 Å². The first-order valence-electron chi connectivity index (χ1n) is 10.7. The van der Waals surface area contributed by atoms with Crippen molar-refractivity contribution in [3.63, 3.8) is 0 Å². The molecule has 0 saturated carbocycles. The molecule has 3 aromatic rings. The lowest BCUT2D eigenvalue weighted by atomic mass is 10.1. The molecule has 0 spiro atoms. The zero-order valence-electron chi connectivity index (χ0n) is 17.8. The van der Waals surface area contributed by atoms with Gasteiger partial charge in [-0.2, -0.15) is 0 Å². The van der Waals surface area contributed by atoms with Gasteiger partial charge in [0.05, 0.1) is 18.4 Å². The van der Waals surface area contributed by atoms with Crippen LogP contribution in [0.1, 0.15) is 25.0 Å². The van der Waals surface area contributed by atoms with Gasteiger partial charge < -0.3 is 9.80 Å². The van der Waals surface area contributed by atoms with E-state index in [9.17, 15) is 4.39 Å². The third-order valence-electron chi connectivity index (χ3n) is 5.64. The van der Waals surface area contributed by atoms with Gasteiger partial charge in [0.1, 0.15) is 5.82 Å². The smallest absolute Gasteiger partial charge is 0.172 e. The van der Waals surface area contributed by atoms with Crippen LogP contribution < -0.4 is 4.90 Å². The number of hydrogen-bond acceptors (Lipinski definition) is 4. The second-order valence-electron chi connectivity index (χ2n) is 7.93. The van der Waals surface area contributed by atoms with Crippen LogP contribution in [0.15, 0.2) is 59.9 Å². The van der Waals surface area contributed by atoms with E-state index in [2.05, 4.69) is 14.4 Å². The Hall–Kier alpha value is -2.02. The molecule has 1 aliphatic heterocycles. The van der Waals surface area contributed by atoms with Crippen molar-refractivity contribution in [3.05, 3.63) is 71.3 Å². The van der Waals surface area contributed by atoms with Crippen LogP contribution in [0.3, 0.4) is 0 Å². The van der Waals surface area contributed by atoms with E-state index in [0.717, 1.165) is 34.5 Å². The highest BCUT2D eigenvalue weighted by Crippen LogP contribution is 2.27. The molecular weight excluding hydrogens is 431 g/mol. The van der Waals surface area contributed by atoms with Gasteiger partial charge in [0.25, 0.3) is 0 Å². The highest BCUT2D eigenvalue weighted by Gasteiger charge is 2.16. The molecule has 1 aromatic heterocycles. The molecule has 4 nitrogen and oxygen atoms in total. The van der Waals surface area contributed by atoms with Crippen LogP contribution in [0, 0.1) is 5.82 Å². The molecule has 2 heterocycles. The summed E-state index contributed by atoms with van der Waals surface area (Å²) in [5, 5.41) is 1.70. The summed E-state index contributed by atoms with van der Waals surface area (Å²) in [6.07, 6.45) is 5.92. The lowest BCUT2D eigenvalue weighted by Gasteiger charge is -2.26. The number of likely N-dealkylation sites (tertiary alicyclic amines) is 1. The Bertz CT molecular complexity index is 968. The van der Waals surface area contributed by atoms with E-state index in [1.807, 2.05) is 37.5 Å². The standard InChI is InChI=1S/C24H28ClFN4S/c1-28(21-11-7-20(26)8-12-21)18-23-17-27-24(30(23)22-9-5-19(25)6-10-22)31-16-15-29-13-3-2-4-14-29/h5-12,17H,2-4,13-16,18H2,1H3. The molecule has 1 fully saturated rings. The first-order chi connectivity index (χ1) is 15.1. The Balaban J connectivity index is 1.52. The summed E-state index contributed by atoms with van der Waals surface area (Å²) in [6, 6.07) is 14.5. The van der Waals surface area contributed by atoms with Crippen molar-refractivity contribution in [2.45, 2.75) is 31.0 Å². The lowest BCUT2D eigenvalue weighted by Crippen LogP contribution is -2.31. The summed E-state index contributed by atoms with van der Waals surface area (Å²) in [5.41, 5.74) is 3.09. The van der Waals surface area contributed by atoms with Crippen molar-refractivity contribution in [2.75, 3.05) is 37.3 Å². The van der Waals surface area contributed by atoms with Gasteiger partial charge in [-0.3, -0.25) is 4.57 Å². The summed E-state index contributed by atoms with van der Waals surface area (Å²) >= 11 is 7.92. The van der Waals surface area contributed by atoms with Crippen LogP contribution in [0.25, 0.3) is 5.69 Å². The molecule has 0 amide bonds. The van der Waals surface area contributed by atoms with Gasteiger partial charge in [-0.1, -0.05) is 29.8 Å². The molecule has 1 saturated heterocycles. The Kier molecular flexibility index (Phi) is 7.54. The van der Waals surface area contributed by atoms with Crippen molar-refractivity contribution in [3.8, 4) is 5.69 Å². The Morgan fingerprint density at radius 2 is 1.74 bits per heavy atom. The quantitative estimate of drug-likeness (QED) is 0.393. The highest BCUT2D eigenvalue weighted by molar-refractivity contribution is 7.99. The molecule has 1 aliphatic rings. The number of halogens is 2. The summed E-state index contributed by atoms with van der Waals surface area (Å²) in [7, 11) is 2.01. The van der Waals surface area contributed by atoms with Crippen LogP contribution in [-0.2, 0) is 6.54 Å². The van der Waals surface area contributed by atoms with E-state index in [1.54, 1.807) is 23.9 Å². The first kappa shape index (κ1) is 22.2. The van der Waals surface area contributed by atoms with E-state index in [-0.39, 0.29) is 5.82 Å². The second kappa shape index (κ2) is 10.5. The van der Waals surface area contributed by atoms with Gasteiger partial charge in [-0.25, -0.2) is 9.37 Å². The Morgan fingerprint density at radius 1 is 1.03 bits per heavy atom. The van der Waals surface area contributed by atoms with Crippen LogP contribution >= 0.6 is 23.4 Å². The maximum absolute atomic E-state index is 13.3. The fraction of sp³-hybridized carbons (Fsp3) is 0.375. The summed E-state index contributed by atoms with van der Waals surface area (Å²) in [5.74, 6) is 0.786. The maximum atomic E-state index is 13.3. The first-order valence-corrected chi connectivity index (χ1v) is 12.1. The molecular formula is C24H28ClFN4S. The predicted octanol–water partition coefficient (Wildman–Crippen LogP) is 5.88. The van der Waals surface area contributed by atoms with E-state index in [1.165, 1.54) is 44.5 Å². The second-order valence-corrected chi connectivity index (χ2v) is 9.43. The topological polar surface area (TPSA) is 24.3 Å². The number of aromatic nitrogens is 2. The van der Waals surface area contributed by atoms with Crippen molar-refractivity contribution >= 4 is 29.1 Å². The van der Waals surface area contributed by atoms with Crippen molar-refractivity contribution in [1.82, 2.24) is 14.5 Å². The number of piperidine rings is 1. The van der Waals surface area contributed by atoms with Crippen LogP contribution in [0.5, 0.6) is 0 Å². The molecule has 0 bridgehead atoms. The third-order valence-corrected chi connectivity index (χ3v) is 6.83. The predicted molar refractivity (Wildman–Crippen MR) is 128 cm³/mol. The highest BCUT2D eigenvalue weighted by atomic mass is 35.5. The van der Waals surface area contributed by atoms with Gasteiger partial charge in [0.2, 0.25) is 0 Å². The maximum Gasteiger partial charge on any atom is 0.172 e. The normalized spacial score (nSPS) is 14.7. The third kappa shape index (κ3) is 5.82. The molecule has 31 heavy (non-hydrogen) atoms. The average molecular weight is 459 g/mol. The zero-order valence-corrected chi connectivity index (χ0v) is 19.4. The van der Waals surface area contributed by atoms with Gasteiger partial charge in [-0.15, -0.1) is 0 Å². The zero-order chi connectivity index (χ0) is 21.6. The van der Waals surface area contributed by atoms with Gasteiger partial charge >= 0.3 is 0 Å². The molecule has 7 heteroatoms. The van der Waals surface area contributed by atoms with Crippen molar-refractivity contribution in [1.29, 1.82) is 0 Å². The molecule has 2 aromatic carbocycles.